The van der Waals surface area contributed by atoms with Crippen LogP contribution < -0.4 is 5.73 Å². The largest absolute Gasteiger partial charge is 0.398 e. The third-order valence-corrected chi connectivity index (χ3v) is 4.50. The van der Waals surface area contributed by atoms with Crippen LogP contribution >= 0.6 is 11.6 Å². The highest BCUT2D eigenvalue weighted by Gasteiger charge is 2.11. The van der Waals surface area contributed by atoms with E-state index < -0.39 is 16.6 Å². The van der Waals surface area contributed by atoms with Crippen LogP contribution in [0.2, 0.25) is 5.02 Å². The van der Waals surface area contributed by atoms with E-state index >= 15 is 0 Å². The molecule has 0 aromatic heterocycles. The summed E-state index contributed by atoms with van der Waals surface area (Å²) in [7, 11) is -1.35. The third kappa shape index (κ3) is 3.33. The lowest BCUT2D eigenvalue weighted by molar-refractivity contribution is 0.627. The van der Waals surface area contributed by atoms with E-state index in [0.717, 1.165) is 11.1 Å². The number of rotatable bonds is 3. The van der Waals surface area contributed by atoms with E-state index in [9.17, 15) is 8.60 Å². The predicted molar refractivity (Wildman–Crippen MR) is 77.1 cm³/mol. The Hall–Kier alpha value is -1.39. The molecule has 0 bridgehead atoms. The van der Waals surface area contributed by atoms with Gasteiger partial charge in [-0.2, -0.15) is 0 Å². The van der Waals surface area contributed by atoms with Crippen LogP contribution in [0.1, 0.15) is 11.1 Å². The van der Waals surface area contributed by atoms with Crippen LogP contribution in [0.15, 0.2) is 41.3 Å². The molecule has 0 fully saturated rings. The summed E-state index contributed by atoms with van der Waals surface area (Å²) in [6.07, 6.45) is 0. The second-order valence-electron chi connectivity index (χ2n) is 4.27. The van der Waals surface area contributed by atoms with Gasteiger partial charge in [-0.1, -0.05) is 23.7 Å². The zero-order valence-electron chi connectivity index (χ0n) is 10.3. The molecular formula is C14H13ClFNOS. The van der Waals surface area contributed by atoms with Gasteiger partial charge in [0.1, 0.15) is 5.82 Å². The summed E-state index contributed by atoms with van der Waals surface area (Å²) in [5.41, 5.74) is 7.70. The molecule has 2 nitrogen and oxygen atoms in total. The van der Waals surface area contributed by atoms with Crippen molar-refractivity contribution in [1.82, 2.24) is 0 Å². The lowest BCUT2D eigenvalue weighted by Crippen LogP contribution is -2.02. The van der Waals surface area contributed by atoms with Crippen molar-refractivity contribution in [3.05, 3.63) is 58.4 Å². The van der Waals surface area contributed by atoms with E-state index in [1.165, 1.54) is 18.2 Å². The normalized spacial score (nSPS) is 12.4. The molecule has 0 saturated heterocycles. The Bertz CT molecular complexity index is 645. The van der Waals surface area contributed by atoms with Gasteiger partial charge in [-0.25, -0.2) is 4.39 Å². The maximum Gasteiger partial charge on any atom is 0.125 e. The summed E-state index contributed by atoms with van der Waals surface area (Å²) < 4.78 is 25.2. The second-order valence-corrected chi connectivity index (χ2v) is 6.09. The number of benzene rings is 2. The van der Waals surface area contributed by atoms with E-state index in [2.05, 4.69) is 0 Å². The van der Waals surface area contributed by atoms with Crippen LogP contribution in [0.5, 0.6) is 0 Å². The van der Waals surface area contributed by atoms with Crippen LogP contribution in [0, 0.1) is 12.7 Å². The van der Waals surface area contributed by atoms with E-state index in [4.69, 9.17) is 17.3 Å². The number of aryl methyl sites for hydroxylation is 1. The van der Waals surface area contributed by atoms with E-state index in [1.54, 1.807) is 0 Å². The molecular weight excluding hydrogens is 285 g/mol. The molecule has 2 aromatic carbocycles. The summed E-state index contributed by atoms with van der Waals surface area (Å²) in [5, 5.41) is 0.578. The Morgan fingerprint density at radius 2 is 2.00 bits per heavy atom. The van der Waals surface area contributed by atoms with Gasteiger partial charge in [-0.3, -0.25) is 4.21 Å². The highest BCUT2D eigenvalue weighted by Crippen LogP contribution is 2.24. The van der Waals surface area contributed by atoms with Crippen molar-refractivity contribution in [2.24, 2.45) is 0 Å². The minimum Gasteiger partial charge on any atom is -0.398 e. The van der Waals surface area contributed by atoms with Crippen molar-refractivity contribution < 1.29 is 8.60 Å². The number of hydrogen-bond donors (Lipinski definition) is 1. The summed E-state index contributed by atoms with van der Waals surface area (Å²) in [5.74, 6) is -0.179. The van der Waals surface area contributed by atoms with Crippen molar-refractivity contribution in [2.75, 3.05) is 5.73 Å². The van der Waals surface area contributed by atoms with Crippen LogP contribution in [0.3, 0.4) is 0 Å². The number of anilines is 1. The molecule has 0 saturated carbocycles. The minimum atomic E-state index is -1.35. The maximum absolute atomic E-state index is 12.9. The first-order valence-corrected chi connectivity index (χ1v) is 7.35. The molecule has 0 aliphatic rings. The lowest BCUT2D eigenvalue weighted by atomic mass is 10.2. The summed E-state index contributed by atoms with van der Waals surface area (Å²) in [4.78, 5) is 0.429. The molecule has 0 amide bonds. The Kier molecular flexibility index (Phi) is 4.22. The van der Waals surface area contributed by atoms with Crippen molar-refractivity contribution in [3.8, 4) is 0 Å². The quantitative estimate of drug-likeness (QED) is 0.878. The average molecular weight is 298 g/mol. The Morgan fingerprint density at radius 1 is 1.26 bits per heavy atom. The molecule has 0 spiro atoms. The summed E-state index contributed by atoms with van der Waals surface area (Å²) >= 11 is 6.10. The first-order chi connectivity index (χ1) is 8.97. The second kappa shape index (κ2) is 5.72. The molecule has 1 atom stereocenters. The van der Waals surface area contributed by atoms with E-state index in [-0.39, 0.29) is 11.4 Å². The van der Waals surface area contributed by atoms with Gasteiger partial charge in [0.2, 0.25) is 0 Å². The first kappa shape index (κ1) is 14.0. The topological polar surface area (TPSA) is 43.1 Å². The van der Waals surface area contributed by atoms with Crippen molar-refractivity contribution in [2.45, 2.75) is 17.6 Å². The molecule has 0 radical (unpaired) electrons. The van der Waals surface area contributed by atoms with Crippen molar-refractivity contribution in [1.29, 1.82) is 0 Å². The molecule has 0 heterocycles. The molecule has 2 N–H and O–H groups in total. The van der Waals surface area contributed by atoms with Gasteiger partial charge < -0.3 is 5.73 Å². The highest BCUT2D eigenvalue weighted by molar-refractivity contribution is 7.84. The van der Waals surface area contributed by atoms with Crippen molar-refractivity contribution in [3.63, 3.8) is 0 Å². The van der Waals surface area contributed by atoms with Gasteiger partial charge in [0.25, 0.3) is 0 Å². The number of nitrogen functional groups attached to an aromatic ring is 1. The molecule has 0 aliphatic heterocycles. The number of halogens is 2. The molecule has 2 aromatic rings. The smallest absolute Gasteiger partial charge is 0.125 e. The highest BCUT2D eigenvalue weighted by atomic mass is 35.5. The Labute approximate surface area is 118 Å². The van der Waals surface area contributed by atoms with Crippen LogP contribution in [-0.4, -0.2) is 4.21 Å². The predicted octanol–water partition coefficient (Wildman–Crippen LogP) is 3.68. The average Bonchev–Trinajstić information content (AvgIpc) is 2.32. The number of hydrogen-bond acceptors (Lipinski definition) is 2. The van der Waals surface area contributed by atoms with E-state index in [0.29, 0.717) is 9.92 Å². The van der Waals surface area contributed by atoms with Crippen molar-refractivity contribution >= 4 is 28.1 Å². The van der Waals surface area contributed by atoms with Crippen LogP contribution in [-0.2, 0) is 16.6 Å². The van der Waals surface area contributed by atoms with Gasteiger partial charge in [0, 0.05) is 5.02 Å². The first-order valence-electron chi connectivity index (χ1n) is 5.66. The molecule has 0 aliphatic carbocycles. The van der Waals surface area contributed by atoms with Gasteiger partial charge in [-0.05, 0) is 42.3 Å². The monoisotopic (exact) mass is 297 g/mol. The fraction of sp³-hybridized carbons (Fsp3) is 0.143. The summed E-state index contributed by atoms with van der Waals surface area (Å²) in [6.45, 7) is 1.94. The Morgan fingerprint density at radius 3 is 2.63 bits per heavy atom. The van der Waals surface area contributed by atoms with Gasteiger partial charge in [0.05, 0.1) is 27.1 Å². The van der Waals surface area contributed by atoms with Gasteiger partial charge in [0.15, 0.2) is 0 Å². The minimum absolute atomic E-state index is 0.196. The maximum atomic E-state index is 12.9. The molecule has 19 heavy (non-hydrogen) atoms. The molecule has 2 rings (SSSR count). The van der Waals surface area contributed by atoms with Gasteiger partial charge in [-0.15, -0.1) is 0 Å². The molecule has 5 heteroatoms. The lowest BCUT2D eigenvalue weighted by Gasteiger charge is -2.08. The zero-order chi connectivity index (χ0) is 14.0. The molecule has 100 valence electrons. The fourth-order valence-electron chi connectivity index (χ4n) is 1.72. The van der Waals surface area contributed by atoms with E-state index in [1.807, 2.05) is 25.1 Å². The Balaban J connectivity index is 2.25. The zero-order valence-corrected chi connectivity index (χ0v) is 11.9. The fourth-order valence-corrected chi connectivity index (χ4v) is 3.33. The van der Waals surface area contributed by atoms with Gasteiger partial charge >= 0.3 is 0 Å². The third-order valence-electron chi connectivity index (χ3n) is 2.71. The number of nitrogens with two attached hydrogens (primary N) is 1. The van der Waals surface area contributed by atoms with Crippen LogP contribution in [0.4, 0.5) is 10.1 Å². The van der Waals surface area contributed by atoms with Crippen LogP contribution in [0.25, 0.3) is 0 Å². The molecule has 1 unspecified atom stereocenters. The SMILES string of the molecule is Cc1ccc(CS(=O)c2ccc(F)cc2N)c(Cl)c1. The summed E-state index contributed by atoms with van der Waals surface area (Å²) in [6, 6.07) is 9.44. The standard InChI is InChI=1S/C14H13ClFNOS/c1-9-2-3-10(12(15)6-9)8-19(18)14-5-4-11(16)7-13(14)17/h2-7H,8,17H2,1H3.